The second kappa shape index (κ2) is 9.52. The highest BCUT2D eigenvalue weighted by Gasteiger charge is 2.20. The average Bonchev–Trinajstić information content (AvgIpc) is 2.86. The van der Waals surface area contributed by atoms with E-state index in [0.717, 1.165) is 5.56 Å². The molecule has 174 valence electrons. The van der Waals surface area contributed by atoms with Gasteiger partial charge in [0.2, 0.25) is 5.88 Å². The van der Waals surface area contributed by atoms with Crippen molar-refractivity contribution < 1.29 is 17.7 Å². The summed E-state index contributed by atoms with van der Waals surface area (Å²) in [6.07, 6.45) is 3.27. The van der Waals surface area contributed by atoms with Gasteiger partial charge in [-0.05, 0) is 29.8 Å². The number of hydrogen-bond acceptors (Lipinski definition) is 6. The van der Waals surface area contributed by atoms with Crippen LogP contribution < -0.4 is 4.74 Å². The largest absolute Gasteiger partial charge is 0.481 e. The van der Waals surface area contributed by atoms with Crippen LogP contribution in [0.2, 0.25) is 0 Å². The van der Waals surface area contributed by atoms with Crippen LogP contribution in [0.1, 0.15) is 5.56 Å². The van der Waals surface area contributed by atoms with Crippen molar-refractivity contribution in [1.29, 1.82) is 0 Å². The minimum Gasteiger partial charge on any atom is -0.481 e. The van der Waals surface area contributed by atoms with Gasteiger partial charge >= 0.3 is 0 Å². The minimum atomic E-state index is -0.842. The predicted molar refractivity (Wildman–Crippen MR) is 128 cm³/mol. The van der Waals surface area contributed by atoms with Crippen molar-refractivity contribution >= 4 is 21.8 Å². The van der Waals surface area contributed by atoms with E-state index in [1.807, 2.05) is 11.0 Å². The van der Waals surface area contributed by atoms with Crippen molar-refractivity contribution in [3.8, 4) is 28.3 Å². The Balaban J connectivity index is 1.52. The lowest BCUT2D eigenvalue weighted by Gasteiger charge is -2.26. The molecule has 1 aliphatic heterocycles. The number of para-hydroxylation sites is 1. The Morgan fingerprint density at radius 1 is 1.03 bits per heavy atom. The third kappa shape index (κ3) is 4.53. The molecule has 0 amide bonds. The molecular weight excluding hydrogens is 458 g/mol. The van der Waals surface area contributed by atoms with Crippen LogP contribution in [0.25, 0.3) is 33.4 Å². The fraction of sp³-hybridized carbons (Fsp3) is 0.240. The molecule has 4 aromatic rings. The van der Waals surface area contributed by atoms with Gasteiger partial charge in [-0.3, -0.25) is 14.1 Å². The number of ether oxygens (including phenoxy) is 1. The van der Waals surface area contributed by atoms with Crippen LogP contribution >= 0.6 is 0 Å². The number of benzene rings is 2. The van der Waals surface area contributed by atoms with E-state index in [4.69, 9.17) is 9.72 Å². The Bertz CT molecular complexity index is 1370. The van der Waals surface area contributed by atoms with E-state index in [-0.39, 0.29) is 12.1 Å². The summed E-state index contributed by atoms with van der Waals surface area (Å²) in [7, 11) is 0.695. The minimum absolute atomic E-state index is 0.0207. The van der Waals surface area contributed by atoms with Gasteiger partial charge in [0.1, 0.15) is 11.6 Å². The third-order valence-electron chi connectivity index (χ3n) is 5.92. The third-order valence-corrected chi connectivity index (χ3v) is 7.19. The van der Waals surface area contributed by atoms with Crippen molar-refractivity contribution in [2.45, 2.75) is 6.54 Å². The van der Waals surface area contributed by atoms with Gasteiger partial charge in [-0.15, -0.1) is 0 Å². The maximum atomic E-state index is 15.1. The van der Waals surface area contributed by atoms with E-state index < -0.39 is 22.4 Å². The topological polar surface area (TPSA) is 68.2 Å². The number of hydrogen-bond donors (Lipinski definition) is 0. The van der Waals surface area contributed by atoms with E-state index in [2.05, 4.69) is 9.97 Å². The summed E-state index contributed by atoms with van der Waals surface area (Å²) >= 11 is 0. The van der Waals surface area contributed by atoms with Crippen LogP contribution in [0.4, 0.5) is 8.78 Å². The van der Waals surface area contributed by atoms with E-state index in [0.29, 0.717) is 58.3 Å². The highest BCUT2D eigenvalue weighted by Crippen LogP contribution is 2.31. The lowest BCUT2D eigenvalue weighted by molar-refractivity contribution is 0.282. The SMILES string of the molecule is COc1cc(-c2cnc3cccc(-c4cc(F)c(CN5CCS(=O)CC5)c(F)c4)c3n2)ccn1. The molecule has 1 aliphatic rings. The fourth-order valence-corrected chi connectivity index (χ4v) is 5.18. The first kappa shape index (κ1) is 22.5. The molecular formula is C25H22F2N4O2S. The van der Waals surface area contributed by atoms with Crippen molar-refractivity contribution in [1.82, 2.24) is 19.9 Å². The first-order valence-electron chi connectivity index (χ1n) is 10.8. The zero-order valence-corrected chi connectivity index (χ0v) is 19.3. The molecule has 3 heterocycles. The molecule has 0 bridgehead atoms. The summed E-state index contributed by atoms with van der Waals surface area (Å²) in [5.41, 5.74) is 3.53. The van der Waals surface area contributed by atoms with Gasteiger partial charge in [0.15, 0.2) is 0 Å². The number of methoxy groups -OCH3 is 1. The Morgan fingerprint density at radius 2 is 1.79 bits per heavy atom. The molecule has 1 fully saturated rings. The number of rotatable bonds is 5. The Morgan fingerprint density at radius 3 is 2.53 bits per heavy atom. The number of aromatic nitrogens is 3. The van der Waals surface area contributed by atoms with Crippen LogP contribution in [-0.2, 0) is 17.3 Å². The molecule has 0 saturated carbocycles. The van der Waals surface area contributed by atoms with Gasteiger partial charge in [-0.2, -0.15) is 0 Å². The Labute approximate surface area is 198 Å². The molecule has 34 heavy (non-hydrogen) atoms. The number of nitrogens with zero attached hydrogens (tertiary/aromatic N) is 4. The summed E-state index contributed by atoms with van der Waals surface area (Å²) in [5.74, 6) is 0.291. The molecule has 0 N–H and O–H groups in total. The molecule has 0 unspecified atom stereocenters. The molecule has 0 spiro atoms. The van der Waals surface area contributed by atoms with Crippen LogP contribution in [0, 0.1) is 11.6 Å². The Hall–Kier alpha value is -3.30. The molecule has 2 aromatic heterocycles. The van der Waals surface area contributed by atoms with Gasteiger partial charge in [0.25, 0.3) is 0 Å². The maximum Gasteiger partial charge on any atom is 0.213 e. The van der Waals surface area contributed by atoms with Gasteiger partial charge in [0.05, 0.1) is 30.0 Å². The first-order chi connectivity index (χ1) is 16.5. The van der Waals surface area contributed by atoms with Crippen molar-refractivity contribution in [3.63, 3.8) is 0 Å². The van der Waals surface area contributed by atoms with Crippen LogP contribution in [0.3, 0.4) is 0 Å². The van der Waals surface area contributed by atoms with Crippen molar-refractivity contribution in [3.05, 3.63) is 72.1 Å². The van der Waals surface area contributed by atoms with Crippen molar-refractivity contribution in [2.75, 3.05) is 31.7 Å². The van der Waals surface area contributed by atoms with Gasteiger partial charge in [0, 0.05) is 70.9 Å². The standard InChI is InChI=1S/C25H22F2N4O2S/c1-33-24-13-16(5-6-28-24)23-14-29-22-4-2-3-18(25(22)30-23)17-11-20(26)19(21(27)12-17)15-31-7-9-34(32)10-8-31/h2-6,11-14H,7-10,15H2,1H3. The van der Waals surface area contributed by atoms with E-state index in [9.17, 15) is 4.21 Å². The van der Waals surface area contributed by atoms with Crippen molar-refractivity contribution in [2.24, 2.45) is 0 Å². The predicted octanol–water partition coefficient (Wildman–Crippen LogP) is 4.21. The van der Waals surface area contributed by atoms with E-state index in [1.165, 1.54) is 19.2 Å². The first-order valence-corrected chi connectivity index (χ1v) is 12.3. The van der Waals surface area contributed by atoms with Crippen LogP contribution in [-0.4, -0.2) is 55.8 Å². The summed E-state index contributed by atoms with van der Waals surface area (Å²) in [5, 5.41) is 0. The second-order valence-corrected chi connectivity index (χ2v) is 9.75. The lowest BCUT2D eigenvalue weighted by Crippen LogP contribution is -2.37. The smallest absolute Gasteiger partial charge is 0.213 e. The van der Waals surface area contributed by atoms with E-state index in [1.54, 1.807) is 36.7 Å². The zero-order chi connectivity index (χ0) is 23.7. The molecule has 0 aliphatic carbocycles. The molecule has 6 nitrogen and oxygen atoms in total. The van der Waals surface area contributed by atoms with Crippen LogP contribution in [0.15, 0.2) is 54.9 Å². The maximum absolute atomic E-state index is 15.1. The summed E-state index contributed by atoms with van der Waals surface area (Å²) in [4.78, 5) is 15.3. The number of halogens is 2. The fourth-order valence-electron chi connectivity index (χ4n) is 4.05. The summed E-state index contributed by atoms with van der Waals surface area (Å²) < 4.78 is 46.9. The lowest BCUT2D eigenvalue weighted by atomic mass is 10.0. The highest BCUT2D eigenvalue weighted by molar-refractivity contribution is 7.85. The zero-order valence-electron chi connectivity index (χ0n) is 18.5. The second-order valence-electron chi connectivity index (χ2n) is 8.06. The molecule has 5 rings (SSSR count). The Kier molecular flexibility index (Phi) is 6.30. The number of pyridine rings is 1. The molecule has 9 heteroatoms. The highest BCUT2D eigenvalue weighted by atomic mass is 32.2. The van der Waals surface area contributed by atoms with Gasteiger partial charge in [-0.1, -0.05) is 12.1 Å². The quantitative estimate of drug-likeness (QED) is 0.426. The van der Waals surface area contributed by atoms with Gasteiger partial charge < -0.3 is 4.74 Å². The van der Waals surface area contributed by atoms with E-state index >= 15 is 8.78 Å². The number of fused-ring (bicyclic) bond motifs is 1. The molecule has 1 saturated heterocycles. The molecule has 0 radical (unpaired) electrons. The molecule has 0 atom stereocenters. The molecule has 2 aromatic carbocycles. The van der Waals surface area contributed by atoms with Crippen LogP contribution in [0.5, 0.6) is 5.88 Å². The normalized spacial score (nSPS) is 15.0. The summed E-state index contributed by atoms with van der Waals surface area (Å²) in [6.45, 7) is 1.28. The van der Waals surface area contributed by atoms with Gasteiger partial charge in [-0.25, -0.2) is 18.7 Å². The monoisotopic (exact) mass is 480 g/mol. The average molecular weight is 481 g/mol. The summed E-state index contributed by atoms with van der Waals surface area (Å²) in [6, 6.07) is 11.6.